The summed E-state index contributed by atoms with van der Waals surface area (Å²) in [6.07, 6.45) is 4.39. The molecule has 0 fully saturated rings. The first kappa shape index (κ1) is 28.7. The Balaban J connectivity index is 1.79. The number of carbonyl (C=O) groups is 4. The highest BCUT2D eigenvalue weighted by Crippen LogP contribution is 2.19. The Labute approximate surface area is 225 Å². The monoisotopic (exact) mass is 539 g/mol. The van der Waals surface area contributed by atoms with Crippen LogP contribution in [0.1, 0.15) is 17.5 Å². The largest absolute Gasteiger partial charge is 0.480 e. The molecule has 0 radical (unpaired) electrons. The Hall–Kier alpha value is -3.83. The Bertz CT molecular complexity index is 1250. The zero-order valence-corrected chi connectivity index (χ0v) is 21.9. The number of nitrogens with two attached hydrogens (primary N) is 1. The summed E-state index contributed by atoms with van der Waals surface area (Å²) in [6, 6.07) is 14.1. The Morgan fingerprint density at radius 2 is 1.61 bits per heavy atom. The molecule has 0 spiro atoms. The molecule has 3 amide bonds. The summed E-state index contributed by atoms with van der Waals surface area (Å²) in [6.45, 7) is -0.561. The number of rotatable bonds is 14. The van der Waals surface area contributed by atoms with Gasteiger partial charge in [0.1, 0.15) is 18.6 Å². The second-order valence-corrected chi connectivity index (χ2v) is 9.86. The van der Waals surface area contributed by atoms with E-state index in [0.29, 0.717) is 18.6 Å². The highest BCUT2D eigenvalue weighted by atomic mass is 32.2. The zero-order valence-electron chi connectivity index (χ0n) is 21.1. The molecule has 0 aliphatic heterocycles. The van der Waals surface area contributed by atoms with Crippen LogP contribution >= 0.6 is 11.8 Å². The third kappa shape index (κ3) is 8.35. The molecule has 10 nitrogen and oxygen atoms in total. The molecule has 38 heavy (non-hydrogen) atoms. The van der Waals surface area contributed by atoms with Crippen LogP contribution < -0.4 is 21.7 Å². The van der Waals surface area contributed by atoms with Gasteiger partial charge in [-0.3, -0.25) is 19.2 Å². The van der Waals surface area contributed by atoms with Gasteiger partial charge in [0, 0.05) is 23.5 Å². The van der Waals surface area contributed by atoms with E-state index in [2.05, 4.69) is 20.9 Å². The molecule has 202 valence electrons. The van der Waals surface area contributed by atoms with Crippen LogP contribution in [0.2, 0.25) is 0 Å². The quantitative estimate of drug-likeness (QED) is 0.179. The van der Waals surface area contributed by atoms with Crippen molar-refractivity contribution in [1.82, 2.24) is 20.9 Å². The number of carboxylic acid groups (broad SMARTS) is 1. The second kappa shape index (κ2) is 14.2. The number of benzene rings is 2. The predicted molar refractivity (Wildman–Crippen MR) is 148 cm³/mol. The van der Waals surface area contributed by atoms with Crippen molar-refractivity contribution in [3.05, 3.63) is 71.9 Å². The van der Waals surface area contributed by atoms with E-state index in [0.717, 1.165) is 22.0 Å². The summed E-state index contributed by atoms with van der Waals surface area (Å²) < 4.78 is 0. The molecule has 3 rings (SSSR count). The lowest BCUT2D eigenvalue weighted by Gasteiger charge is -2.24. The summed E-state index contributed by atoms with van der Waals surface area (Å²) in [5.74, 6) is -2.29. The fourth-order valence-electron chi connectivity index (χ4n) is 4.03. The first-order valence-electron chi connectivity index (χ1n) is 12.2. The van der Waals surface area contributed by atoms with Crippen LogP contribution in [0, 0.1) is 0 Å². The smallest absolute Gasteiger partial charge is 0.322 e. The molecule has 0 saturated heterocycles. The van der Waals surface area contributed by atoms with Gasteiger partial charge in [0.2, 0.25) is 17.7 Å². The SMILES string of the molecule is CSCCC(NC(=O)C(Cc1c[nH]c2ccccc12)NC(=O)C(N)Cc1ccccc1)C(=O)NCC(=O)O. The predicted octanol–water partition coefficient (Wildman–Crippen LogP) is 1.20. The average Bonchev–Trinajstić information content (AvgIpc) is 3.32. The molecule has 0 aliphatic carbocycles. The van der Waals surface area contributed by atoms with E-state index in [4.69, 9.17) is 10.8 Å². The number of hydrogen-bond acceptors (Lipinski definition) is 6. The Kier molecular flexibility index (Phi) is 10.7. The number of carboxylic acids is 1. The Morgan fingerprint density at radius 1 is 0.921 bits per heavy atom. The molecular weight excluding hydrogens is 506 g/mol. The van der Waals surface area contributed by atoms with E-state index in [1.54, 1.807) is 6.20 Å². The van der Waals surface area contributed by atoms with Crippen LogP contribution in [0.5, 0.6) is 0 Å². The van der Waals surface area contributed by atoms with Crippen LogP contribution in [0.3, 0.4) is 0 Å². The van der Waals surface area contributed by atoms with Crippen LogP contribution in [0.25, 0.3) is 10.9 Å². The van der Waals surface area contributed by atoms with Crippen LogP contribution in [-0.4, -0.2) is 70.5 Å². The number of hydrogen-bond donors (Lipinski definition) is 6. The van der Waals surface area contributed by atoms with Gasteiger partial charge in [-0.2, -0.15) is 11.8 Å². The van der Waals surface area contributed by atoms with E-state index < -0.39 is 48.4 Å². The molecule has 3 aromatic rings. The highest BCUT2D eigenvalue weighted by Gasteiger charge is 2.29. The molecule has 3 unspecified atom stereocenters. The normalized spacial score (nSPS) is 13.3. The van der Waals surface area contributed by atoms with Gasteiger partial charge in [0.25, 0.3) is 0 Å². The van der Waals surface area contributed by atoms with Crippen molar-refractivity contribution in [3.63, 3.8) is 0 Å². The van der Waals surface area contributed by atoms with Gasteiger partial charge >= 0.3 is 5.97 Å². The lowest BCUT2D eigenvalue weighted by molar-refractivity contribution is -0.138. The molecule has 1 heterocycles. The molecule has 7 N–H and O–H groups in total. The molecular formula is C27H33N5O5S. The fourth-order valence-corrected chi connectivity index (χ4v) is 4.50. The molecule has 3 atom stereocenters. The highest BCUT2D eigenvalue weighted by molar-refractivity contribution is 7.98. The van der Waals surface area contributed by atoms with E-state index in [-0.39, 0.29) is 6.42 Å². The number of para-hydroxylation sites is 1. The van der Waals surface area contributed by atoms with E-state index in [1.807, 2.05) is 60.9 Å². The van der Waals surface area contributed by atoms with Crippen molar-refractivity contribution in [2.24, 2.45) is 5.73 Å². The summed E-state index contributed by atoms with van der Waals surface area (Å²) in [4.78, 5) is 53.2. The van der Waals surface area contributed by atoms with Crippen LogP contribution in [0.15, 0.2) is 60.8 Å². The minimum atomic E-state index is -1.19. The average molecular weight is 540 g/mol. The maximum absolute atomic E-state index is 13.5. The first-order valence-corrected chi connectivity index (χ1v) is 13.6. The van der Waals surface area contributed by atoms with Crippen molar-refractivity contribution < 1.29 is 24.3 Å². The summed E-state index contributed by atoms with van der Waals surface area (Å²) in [5, 5.41) is 17.6. The van der Waals surface area contributed by atoms with Gasteiger partial charge in [0.15, 0.2) is 0 Å². The molecule has 11 heteroatoms. The zero-order chi connectivity index (χ0) is 27.5. The summed E-state index contributed by atoms with van der Waals surface area (Å²) in [7, 11) is 0. The summed E-state index contributed by atoms with van der Waals surface area (Å²) in [5.41, 5.74) is 8.76. The Morgan fingerprint density at radius 3 is 2.32 bits per heavy atom. The van der Waals surface area contributed by atoms with E-state index >= 15 is 0 Å². The van der Waals surface area contributed by atoms with Gasteiger partial charge in [0.05, 0.1) is 6.04 Å². The molecule has 2 aromatic carbocycles. The minimum absolute atomic E-state index is 0.158. The molecule has 0 bridgehead atoms. The number of thioether (sulfide) groups is 1. The number of H-pyrrole nitrogens is 1. The van der Waals surface area contributed by atoms with Crippen molar-refractivity contribution in [1.29, 1.82) is 0 Å². The third-order valence-corrected chi connectivity index (χ3v) is 6.67. The van der Waals surface area contributed by atoms with Gasteiger partial charge in [-0.1, -0.05) is 48.5 Å². The van der Waals surface area contributed by atoms with Crippen LogP contribution in [-0.2, 0) is 32.0 Å². The topological polar surface area (TPSA) is 166 Å². The third-order valence-electron chi connectivity index (χ3n) is 6.02. The molecule has 0 saturated carbocycles. The van der Waals surface area contributed by atoms with E-state index in [1.165, 1.54) is 11.8 Å². The maximum Gasteiger partial charge on any atom is 0.322 e. The van der Waals surface area contributed by atoms with Crippen molar-refractivity contribution in [2.45, 2.75) is 37.4 Å². The number of fused-ring (bicyclic) bond motifs is 1. The van der Waals surface area contributed by atoms with E-state index in [9.17, 15) is 19.2 Å². The van der Waals surface area contributed by atoms with Crippen molar-refractivity contribution >= 4 is 46.4 Å². The number of nitrogens with one attached hydrogen (secondary N) is 4. The number of aromatic amines is 1. The van der Waals surface area contributed by atoms with Crippen molar-refractivity contribution in [3.8, 4) is 0 Å². The number of carbonyl (C=O) groups excluding carboxylic acids is 3. The lowest BCUT2D eigenvalue weighted by Crippen LogP contribution is -2.57. The standard InChI is InChI=1S/C27H33N5O5S/c1-38-12-11-22(26(36)30-16-24(33)34)31-27(37)23(14-18-15-29-21-10-6-5-9-19(18)21)32-25(35)20(28)13-17-7-3-2-4-8-17/h2-10,15,20,22-23,29H,11-14,16,28H2,1H3,(H,30,36)(H,31,37)(H,32,35)(H,33,34). The number of aromatic nitrogens is 1. The minimum Gasteiger partial charge on any atom is -0.480 e. The van der Waals surface area contributed by atoms with Crippen LogP contribution in [0.4, 0.5) is 0 Å². The fraction of sp³-hybridized carbons (Fsp3) is 0.333. The van der Waals surface area contributed by atoms with Crippen molar-refractivity contribution in [2.75, 3.05) is 18.6 Å². The van der Waals surface area contributed by atoms with Gasteiger partial charge in [-0.15, -0.1) is 0 Å². The lowest BCUT2D eigenvalue weighted by atomic mass is 10.0. The van der Waals surface area contributed by atoms with Gasteiger partial charge in [-0.05, 0) is 42.0 Å². The number of amides is 3. The second-order valence-electron chi connectivity index (χ2n) is 8.88. The molecule has 1 aromatic heterocycles. The van der Waals surface area contributed by atoms with Gasteiger partial charge in [-0.25, -0.2) is 0 Å². The maximum atomic E-state index is 13.5. The summed E-state index contributed by atoms with van der Waals surface area (Å²) >= 11 is 1.49. The number of aliphatic carboxylic acids is 1. The van der Waals surface area contributed by atoms with Gasteiger partial charge < -0.3 is 31.8 Å². The first-order chi connectivity index (χ1) is 18.3. The molecule has 0 aliphatic rings.